The number of nitrogens with zero attached hydrogens (tertiary/aromatic N) is 2. The molecule has 1 rings (SSSR count). The largest absolute Gasteiger partial charge is 0.417 e. The van der Waals surface area contributed by atoms with E-state index in [2.05, 4.69) is 10.2 Å². The zero-order chi connectivity index (χ0) is 15.2. The van der Waals surface area contributed by atoms with Gasteiger partial charge in [-0.3, -0.25) is 4.79 Å². The van der Waals surface area contributed by atoms with E-state index in [9.17, 15) is 18.0 Å². The standard InChI is InChI=1S/C13H20F3N3O/c1-18(2)8-3-6-17-7-9-19-10-11(13(14,15)16)4-5-12(19)20/h4-5,10,17H,3,6-9H2,1-2H3. The van der Waals surface area contributed by atoms with E-state index in [4.69, 9.17) is 0 Å². The lowest BCUT2D eigenvalue weighted by Crippen LogP contribution is -2.29. The molecule has 0 fully saturated rings. The highest BCUT2D eigenvalue weighted by atomic mass is 19.4. The summed E-state index contributed by atoms with van der Waals surface area (Å²) in [7, 11) is 3.95. The van der Waals surface area contributed by atoms with Crippen LogP contribution in [-0.2, 0) is 12.7 Å². The second-order valence-electron chi connectivity index (χ2n) is 4.85. The van der Waals surface area contributed by atoms with E-state index in [0.717, 1.165) is 42.4 Å². The number of hydrogen-bond acceptors (Lipinski definition) is 3. The van der Waals surface area contributed by atoms with Gasteiger partial charge in [-0.25, -0.2) is 0 Å². The van der Waals surface area contributed by atoms with Crippen LogP contribution in [0.5, 0.6) is 0 Å². The smallest absolute Gasteiger partial charge is 0.315 e. The van der Waals surface area contributed by atoms with Crippen LogP contribution in [0.3, 0.4) is 0 Å². The molecule has 0 saturated heterocycles. The van der Waals surface area contributed by atoms with Crippen LogP contribution in [0, 0.1) is 0 Å². The van der Waals surface area contributed by atoms with Crippen molar-refractivity contribution >= 4 is 0 Å². The average molecular weight is 291 g/mol. The van der Waals surface area contributed by atoms with Crippen molar-refractivity contribution in [1.29, 1.82) is 0 Å². The molecule has 1 N–H and O–H groups in total. The summed E-state index contributed by atoms with van der Waals surface area (Å²) in [5.74, 6) is 0. The van der Waals surface area contributed by atoms with Gasteiger partial charge in [0.15, 0.2) is 0 Å². The Bertz CT molecular complexity index is 469. The molecule has 4 nitrogen and oxygen atoms in total. The molecule has 0 aliphatic heterocycles. The van der Waals surface area contributed by atoms with Gasteiger partial charge in [0.25, 0.3) is 5.56 Å². The van der Waals surface area contributed by atoms with Gasteiger partial charge in [-0.15, -0.1) is 0 Å². The van der Waals surface area contributed by atoms with Crippen molar-refractivity contribution in [2.45, 2.75) is 19.1 Å². The maximum absolute atomic E-state index is 12.5. The van der Waals surface area contributed by atoms with Gasteiger partial charge in [0.05, 0.1) is 5.56 Å². The lowest BCUT2D eigenvalue weighted by molar-refractivity contribution is -0.138. The highest BCUT2D eigenvalue weighted by Gasteiger charge is 2.30. The Morgan fingerprint density at radius 1 is 1.25 bits per heavy atom. The van der Waals surface area contributed by atoms with Crippen molar-refractivity contribution < 1.29 is 13.2 Å². The monoisotopic (exact) mass is 291 g/mol. The Labute approximate surface area is 116 Å². The van der Waals surface area contributed by atoms with E-state index in [-0.39, 0.29) is 6.54 Å². The zero-order valence-corrected chi connectivity index (χ0v) is 11.7. The molecule has 1 aromatic heterocycles. The molecule has 0 atom stereocenters. The topological polar surface area (TPSA) is 37.3 Å². The van der Waals surface area contributed by atoms with Gasteiger partial charge in [-0.1, -0.05) is 0 Å². The zero-order valence-electron chi connectivity index (χ0n) is 11.7. The SMILES string of the molecule is CN(C)CCCNCCn1cc(C(F)(F)F)ccc1=O. The first kappa shape index (κ1) is 16.7. The molecule has 0 bridgehead atoms. The maximum atomic E-state index is 12.5. The van der Waals surface area contributed by atoms with Crippen molar-refractivity contribution in [2.24, 2.45) is 0 Å². The average Bonchev–Trinajstić information content (AvgIpc) is 2.33. The van der Waals surface area contributed by atoms with E-state index < -0.39 is 17.3 Å². The van der Waals surface area contributed by atoms with Crippen molar-refractivity contribution in [3.63, 3.8) is 0 Å². The molecule has 0 aliphatic rings. The summed E-state index contributed by atoms with van der Waals surface area (Å²) < 4.78 is 38.7. The molecule has 1 aromatic rings. The summed E-state index contributed by atoms with van der Waals surface area (Å²) in [5, 5.41) is 3.11. The number of hydrogen-bond donors (Lipinski definition) is 1. The Kier molecular flexibility index (Phi) is 6.22. The summed E-state index contributed by atoms with van der Waals surface area (Å²) in [6.07, 6.45) is -2.61. The molecule has 114 valence electrons. The third-order valence-electron chi connectivity index (χ3n) is 2.80. The van der Waals surface area contributed by atoms with Crippen LogP contribution in [0.2, 0.25) is 0 Å². The summed E-state index contributed by atoms with van der Waals surface area (Å²) >= 11 is 0. The minimum atomic E-state index is -4.42. The Morgan fingerprint density at radius 2 is 1.95 bits per heavy atom. The van der Waals surface area contributed by atoms with Crippen LogP contribution in [0.15, 0.2) is 23.1 Å². The first-order valence-electron chi connectivity index (χ1n) is 6.44. The number of rotatable bonds is 7. The number of aromatic nitrogens is 1. The molecular formula is C13H20F3N3O. The minimum absolute atomic E-state index is 0.227. The van der Waals surface area contributed by atoms with Gasteiger partial charge < -0.3 is 14.8 Å². The van der Waals surface area contributed by atoms with Gasteiger partial charge in [0, 0.05) is 25.4 Å². The van der Waals surface area contributed by atoms with Crippen molar-refractivity contribution in [3.8, 4) is 0 Å². The van der Waals surface area contributed by atoms with Gasteiger partial charge in [0.2, 0.25) is 0 Å². The molecule has 0 saturated carbocycles. The second kappa shape index (κ2) is 7.44. The fourth-order valence-electron chi connectivity index (χ4n) is 1.72. The molecule has 7 heteroatoms. The highest BCUT2D eigenvalue weighted by Crippen LogP contribution is 2.27. The van der Waals surface area contributed by atoms with Crippen LogP contribution >= 0.6 is 0 Å². The molecule has 0 radical (unpaired) electrons. The van der Waals surface area contributed by atoms with Crippen LogP contribution in [-0.4, -0.2) is 43.2 Å². The predicted molar refractivity (Wildman–Crippen MR) is 71.7 cm³/mol. The van der Waals surface area contributed by atoms with Crippen LogP contribution in [0.4, 0.5) is 13.2 Å². The predicted octanol–water partition coefficient (Wildman–Crippen LogP) is 1.41. The van der Waals surface area contributed by atoms with Crippen molar-refractivity contribution in [3.05, 3.63) is 34.2 Å². The fraction of sp³-hybridized carbons (Fsp3) is 0.615. The van der Waals surface area contributed by atoms with Gasteiger partial charge in [-0.2, -0.15) is 13.2 Å². The molecule has 20 heavy (non-hydrogen) atoms. The summed E-state index contributed by atoms with van der Waals surface area (Å²) in [5.41, 5.74) is -1.22. The molecule has 0 aliphatic carbocycles. The fourth-order valence-corrected chi connectivity index (χ4v) is 1.72. The lowest BCUT2D eigenvalue weighted by atomic mass is 10.3. The maximum Gasteiger partial charge on any atom is 0.417 e. The molecule has 0 unspecified atom stereocenters. The van der Waals surface area contributed by atoms with Gasteiger partial charge in [-0.05, 0) is 39.7 Å². The number of pyridine rings is 1. The first-order chi connectivity index (χ1) is 9.30. The summed E-state index contributed by atoms with van der Waals surface area (Å²) in [4.78, 5) is 13.5. The van der Waals surface area contributed by atoms with Crippen LogP contribution in [0.1, 0.15) is 12.0 Å². The second-order valence-corrected chi connectivity index (χ2v) is 4.85. The van der Waals surface area contributed by atoms with E-state index in [0.29, 0.717) is 6.54 Å². The molecular weight excluding hydrogens is 271 g/mol. The molecule has 0 aromatic carbocycles. The minimum Gasteiger partial charge on any atom is -0.315 e. The number of alkyl halides is 3. The van der Waals surface area contributed by atoms with E-state index in [1.54, 1.807) is 0 Å². The third kappa shape index (κ3) is 5.75. The summed E-state index contributed by atoms with van der Waals surface area (Å²) in [6.45, 7) is 2.40. The quantitative estimate of drug-likeness (QED) is 0.772. The Hall–Kier alpha value is -1.34. The lowest BCUT2D eigenvalue weighted by Gasteiger charge is -2.12. The van der Waals surface area contributed by atoms with E-state index in [1.807, 2.05) is 14.1 Å². The molecule has 0 spiro atoms. The van der Waals surface area contributed by atoms with Crippen LogP contribution < -0.4 is 10.9 Å². The van der Waals surface area contributed by atoms with Gasteiger partial charge >= 0.3 is 6.18 Å². The van der Waals surface area contributed by atoms with E-state index in [1.165, 1.54) is 0 Å². The third-order valence-corrected chi connectivity index (χ3v) is 2.80. The first-order valence-corrected chi connectivity index (χ1v) is 6.44. The molecule has 0 amide bonds. The van der Waals surface area contributed by atoms with Crippen molar-refractivity contribution in [2.75, 3.05) is 33.7 Å². The summed E-state index contributed by atoms with van der Waals surface area (Å²) in [6, 6.07) is 1.76. The number of halogens is 3. The Balaban J connectivity index is 2.46. The Morgan fingerprint density at radius 3 is 2.55 bits per heavy atom. The number of nitrogens with one attached hydrogen (secondary N) is 1. The van der Waals surface area contributed by atoms with Gasteiger partial charge in [0.1, 0.15) is 0 Å². The molecule has 1 heterocycles. The van der Waals surface area contributed by atoms with E-state index >= 15 is 0 Å². The van der Waals surface area contributed by atoms with Crippen LogP contribution in [0.25, 0.3) is 0 Å². The highest BCUT2D eigenvalue weighted by molar-refractivity contribution is 5.13. The van der Waals surface area contributed by atoms with Crippen molar-refractivity contribution in [1.82, 2.24) is 14.8 Å². The normalized spacial score (nSPS) is 12.1.